The van der Waals surface area contributed by atoms with Crippen molar-refractivity contribution in [2.45, 2.75) is 45.6 Å². The Morgan fingerprint density at radius 2 is 2.18 bits per heavy atom. The van der Waals surface area contributed by atoms with E-state index in [2.05, 4.69) is 12.2 Å². The highest BCUT2D eigenvalue weighted by molar-refractivity contribution is 5.25. The average molecular weight is 234 g/mol. The lowest BCUT2D eigenvalue weighted by Gasteiger charge is -2.11. The second-order valence-electron chi connectivity index (χ2n) is 4.75. The SMILES string of the molecule is CCCNCCCn1c2c(ccc1=O)CCC2. The van der Waals surface area contributed by atoms with Crippen LogP contribution in [0.4, 0.5) is 0 Å². The summed E-state index contributed by atoms with van der Waals surface area (Å²) >= 11 is 0. The van der Waals surface area contributed by atoms with E-state index in [4.69, 9.17) is 0 Å². The molecule has 0 unspecified atom stereocenters. The van der Waals surface area contributed by atoms with Gasteiger partial charge in [0.25, 0.3) is 5.56 Å². The molecule has 1 aliphatic rings. The molecule has 3 heteroatoms. The number of hydrogen-bond donors (Lipinski definition) is 1. The summed E-state index contributed by atoms with van der Waals surface area (Å²) in [4.78, 5) is 11.8. The van der Waals surface area contributed by atoms with Crippen molar-refractivity contribution in [2.75, 3.05) is 13.1 Å². The molecule has 1 aromatic rings. The second-order valence-corrected chi connectivity index (χ2v) is 4.75. The van der Waals surface area contributed by atoms with Gasteiger partial charge in [0.05, 0.1) is 0 Å². The molecule has 0 atom stereocenters. The Bertz CT molecular complexity index is 423. The van der Waals surface area contributed by atoms with Crippen LogP contribution in [0.25, 0.3) is 0 Å². The Morgan fingerprint density at radius 1 is 1.29 bits per heavy atom. The number of fused-ring (bicyclic) bond motifs is 1. The smallest absolute Gasteiger partial charge is 0.250 e. The van der Waals surface area contributed by atoms with Crippen LogP contribution in [-0.4, -0.2) is 17.7 Å². The van der Waals surface area contributed by atoms with Gasteiger partial charge >= 0.3 is 0 Å². The van der Waals surface area contributed by atoms with Gasteiger partial charge in [-0.25, -0.2) is 0 Å². The van der Waals surface area contributed by atoms with Gasteiger partial charge in [0, 0.05) is 18.3 Å². The number of nitrogens with zero attached hydrogens (tertiary/aromatic N) is 1. The van der Waals surface area contributed by atoms with E-state index >= 15 is 0 Å². The Balaban J connectivity index is 1.96. The van der Waals surface area contributed by atoms with Gasteiger partial charge in [0.15, 0.2) is 0 Å². The fourth-order valence-corrected chi connectivity index (χ4v) is 2.54. The van der Waals surface area contributed by atoms with Crippen molar-refractivity contribution in [3.8, 4) is 0 Å². The van der Waals surface area contributed by atoms with E-state index < -0.39 is 0 Å². The number of aromatic nitrogens is 1. The molecule has 1 aromatic heterocycles. The van der Waals surface area contributed by atoms with Crippen molar-refractivity contribution in [3.63, 3.8) is 0 Å². The van der Waals surface area contributed by atoms with Gasteiger partial charge in [0.1, 0.15) is 0 Å². The van der Waals surface area contributed by atoms with Gasteiger partial charge in [-0.3, -0.25) is 4.79 Å². The first-order chi connectivity index (χ1) is 8.33. The van der Waals surface area contributed by atoms with Crippen LogP contribution in [0.5, 0.6) is 0 Å². The molecule has 3 nitrogen and oxygen atoms in total. The molecule has 0 aliphatic heterocycles. The molecule has 0 bridgehead atoms. The summed E-state index contributed by atoms with van der Waals surface area (Å²) in [5.74, 6) is 0. The minimum Gasteiger partial charge on any atom is -0.317 e. The Kier molecular flexibility index (Phi) is 4.37. The highest BCUT2D eigenvalue weighted by Crippen LogP contribution is 2.19. The Morgan fingerprint density at radius 3 is 3.00 bits per heavy atom. The largest absolute Gasteiger partial charge is 0.317 e. The first-order valence-corrected chi connectivity index (χ1v) is 6.75. The summed E-state index contributed by atoms with van der Waals surface area (Å²) in [5, 5.41) is 3.38. The molecule has 0 saturated heterocycles. The predicted molar refractivity (Wildman–Crippen MR) is 70.5 cm³/mol. The highest BCUT2D eigenvalue weighted by atomic mass is 16.1. The van der Waals surface area contributed by atoms with E-state index in [1.54, 1.807) is 6.07 Å². The van der Waals surface area contributed by atoms with Crippen LogP contribution in [0.1, 0.15) is 37.4 Å². The standard InChI is InChI=1S/C14H22N2O/c1-2-9-15-10-4-11-16-13-6-3-5-12(13)7-8-14(16)17/h7-8,15H,2-6,9-11H2,1H3. The third-order valence-corrected chi connectivity index (χ3v) is 3.41. The molecule has 1 heterocycles. The van der Waals surface area contributed by atoms with E-state index in [9.17, 15) is 4.79 Å². The predicted octanol–water partition coefficient (Wildman–Crippen LogP) is 1.73. The molecule has 0 radical (unpaired) electrons. The molecule has 94 valence electrons. The highest BCUT2D eigenvalue weighted by Gasteiger charge is 2.14. The minimum atomic E-state index is 0.168. The summed E-state index contributed by atoms with van der Waals surface area (Å²) < 4.78 is 1.98. The molecule has 0 fully saturated rings. The number of aryl methyl sites for hydroxylation is 1. The number of rotatable bonds is 6. The molecule has 1 aliphatic carbocycles. The zero-order valence-corrected chi connectivity index (χ0v) is 10.7. The fourth-order valence-electron chi connectivity index (χ4n) is 2.54. The summed E-state index contributed by atoms with van der Waals surface area (Å²) in [6.45, 7) is 5.10. The maximum Gasteiger partial charge on any atom is 0.250 e. The van der Waals surface area contributed by atoms with Gasteiger partial charge in [-0.15, -0.1) is 0 Å². The number of pyridine rings is 1. The van der Waals surface area contributed by atoms with Crippen molar-refractivity contribution in [1.29, 1.82) is 0 Å². The quantitative estimate of drug-likeness (QED) is 0.761. The van der Waals surface area contributed by atoms with Gasteiger partial charge in [-0.1, -0.05) is 13.0 Å². The van der Waals surface area contributed by atoms with Gasteiger partial charge in [-0.2, -0.15) is 0 Å². The van der Waals surface area contributed by atoms with Crippen molar-refractivity contribution >= 4 is 0 Å². The zero-order valence-electron chi connectivity index (χ0n) is 10.7. The van der Waals surface area contributed by atoms with Crippen molar-refractivity contribution < 1.29 is 0 Å². The van der Waals surface area contributed by atoms with Crippen LogP contribution >= 0.6 is 0 Å². The Hall–Kier alpha value is -1.09. The van der Waals surface area contributed by atoms with E-state index in [0.29, 0.717) is 0 Å². The third kappa shape index (κ3) is 2.97. The molecular weight excluding hydrogens is 212 g/mol. The van der Waals surface area contributed by atoms with Crippen molar-refractivity contribution in [3.05, 3.63) is 33.7 Å². The third-order valence-electron chi connectivity index (χ3n) is 3.41. The van der Waals surface area contributed by atoms with Crippen molar-refractivity contribution in [2.24, 2.45) is 0 Å². The molecule has 0 amide bonds. The maximum atomic E-state index is 11.8. The maximum absolute atomic E-state index is 11.8. The van der Waals surface area contributed by atoms with Gasteiger partial charge < -0.3 is 9.88 Å². The zero-order chi connectivity index (χ0) is 12.1. The molecule has 0 aromatic carbocycles. The number of nitrogens with one attached hydrogen (secondary N) is 1. The molecule has 0 saturated carbocycles. The van der Waals surface area contributed by atoms with Crippen molar-refractivity contribution in [1.82, 2.24) is 9.88 Å². The molecule has 1 N–H and O–H groups in total. The molecule has 0 spiro atoms. The first-order valence-electron chi connectivity index (χ1n) is 6.75. The van der Waals surface area contributed by atoms with E-state index in [-0.39, 0.29) is 5.56 Å². The van der Waals surface area contributed by atoms with E-state index in [1.807, 2.05) is 10.6 Å². The lowest BCUT2D eigenvalue weighted by Crippen LogP contribution is -2.25. The van der Waals surface area contributed by atoms with E-state index in [0.717, 1.165) is 38.9 Å². The normalized spacial score (nSPS) is 13.9. The summed E-state index contributed by atoms with van der Waals surface area (Å²) in [6, 6.07) is 3.74. The first kappa shape index (κ1) is 12.4. The lowest BCUT2D eigenvalue weighted by molar-refractivity contribution is 0.555. The van der Waals surface area contributed by atoms with Crippen LogP contribution in [0.15, 0.2) is 16.9 Å². The van der Waals surface area contributed by atoms with Crippen LogP contribution in [0, 0.1) is 0 Å². The van der Waals surface area contributed by atoms with Gasteiger partial charge in [0.2, 0.25) is 0 Å². The van der Waals surface area contributed by atoms with Crippen LogP contribution in [0.3, 0.4) is 0 Å². The summed E-state index contributed by atoms with van der Waals surface area (Å²) in [5.41, 5.74) is 2.83. The second kappa shape index (κ2) is 6.01. The average Bonchev–Trinajstić information content (AvgIpc) is 2.79. The summed E-state index contributed by atoms with van der Waals surface area (Å²) in [6.07, 6.45) is 5.63. The minimum absolute atomic E-state index is 0.168. The van der Waals surface area contributed by atoms with E-state index in [1.165, 1.54) is 24.1 Å². The number of hydrogen-bond acceptors (Lipinski definition) is 2. The van der Waals surface area contributed by atoms with Gasteiger partial charge in [-0.05, 0) is 50.8 Å². The van der Waals surface area contributed by atoms with Crippen LogP contribution < -0.4 is 10.9 Å². The Labute approximate surface area is 103 Å². The lowest BCUT2D eigenvalue weighted by atomic mass is 10.2. The molecular formula is C14H22N2O. The fraction of sp³-hybridized carbons (Fsp3) is 0.643. The monoisotopic (exact) mass is 234 g/mol. The molecule has 17 heavy (non-hydrogen) atoms. The topological polar surface area (TPSA) is 34.0 Å². The summed E-state index contributed by atoms with van der Waals surface area (Å²) in [7, 11) is 0. The van der Waals surface area contributed by atoms with Crippen LogP contribution in [0.2, 0.25) is 0 Å². The van der Waals surface area contributed by atoms with Crippen LogP contribution in [-0.2, 0) is 19.4 Å². The molecule has 2 rings (SSSR count).